The zero-order chi connectivity index (χ0) is 13.4. The quantitative estimate of drug-likeness (QED) is 0.889. The first-order valence-corrected chi connectivity index (χ1v) is 8.48. The molecule has 1 aliphatic carbocycles. The monoisotopic (exact) mass is 270 g/mol. The van der Waals surface area contributed by atoms with Gasteiger partial charge in [0.05, 0.1) is 0 Å². The second-order valence-corrected chi connectivity index (χ2v) is 6.83. The lowest BCUT2D eigenvalue weighted by molar-refractivity contribution is 0.0769. The molecule has 0 spiro atoms. The van der Waals surface area contributed by atoms with Gasteiger partial charge in [-0.3, -0.25) is 4.90 Å². The summed E-state index contributed by atoms with van der Waals surface area (Å²) in [6, 6.07) is 11.4. The van der Waals surface area contributed by atoms with E-state index in [-0.39, 0.29) is 0 Å². The Labute approximate surface area is 122 Å². The first-order valence-electron chi connectivity index (χ1n) is 8.48. The van der Waals surface area contributed by atoms with Crippen molar-refractivity contribution in [2.24, 2.45) is 0 Å². The molecule has 2 heterocycles. The Morgan fingerprint density at radius 2 is 1.75 bits per heavy atom. The highest BCUT2D eigenvalue weighted by Crippen LogP contribution is 2.32. The predicted octanol–water partition coefficient (Wildman–Crippen LogP) is 2.76. The van der Waals surface area contributed by atoms with Gasteiger partial charge in [-0.05, 0) is 62.7 Å². The smallest absolute Gasteiger partial charge is 0.0252 e. The van der Waals surface area contributed by atoms with E-state index in [0.717, 1.165) is 18.1 Å². The van der Waals surface area contributed by atoms with Crippen molar-refractivity contribution in [1.82, 2.24) is 10.2 Å². The minimum Gasteiger partial charge on any atom is -0.312 e. The summed E-state index contributed by atoms with van der Waals surface area (Å²) >= 11 is 0. The first-order chi connectivity index (χ1) is 9.92. The molecule has 3 aliphatic rings. The molecular formula is C18H26N2. The van der Waals surface area contributed by atoms with E-state index in [4.69, 9.17) is 0 Å². The van der Waals surface area contributed by atoms with Crippen molar-refractivity contribution < 1.29 is 0 Å². The lowest BCUT2D eigenvalue weighted by Gasteiger charge is -2.43. The zero-order valence-electron chi connectivity index (χ0n) is 12.4. The highest BCUT2D eigenvalue weighted by Gasteiger charge is 2.37. The van der Waals surface area contributed by atoms with Crippen LogP contribution in [0.5, 0.6) is 0 Å². The third-order valence-corrected chi connectivity index (χ3v) is 5.65. The summed E-state index contributed by atoms with van der Waals surface area (Å²) in [5, 5.41) is 3.76. The first kappa shape index (κ1) is 12.8. The van der Waals surface area contributed by atoms with Gasteiger partial charge in [-0.15, -0.1) is 0 Å². The molecule has 0 aromatic heterocycles. The summed E-state index contributed by atoms with van der Waals surface area (Å²) in [5.74, 6) is 0. The molecule has 2 aliphatic heterocycles. The van der Waals surface area contributed by atoms with E-state index in [1.807, 2.05) is 0 Å². The van der Waals surface area contributed by atoms with Crippen molar-refractivity contribution in [2.75, 3.05) is 13.1 Å². The number of hydrogen-bond acceptors (Lipinski definition) is 2. The normalized spacial score (nSPS) is 31.6. The van der Waals surface area contributed by atoms with Gasteiger partial charge in [0, 0.05) is 18.1 Å². The standard InChI is InChI=1S/C18H26N2/c1-2-7-15-13-16(12-14(15)6-1)20-11-4-3-9-18(20)17-8-5-10-19-17/h1-2,6-7,16-19H,3-5,8-13H2. The maximum absolute atomic E-state index is 3.76. The fourth-order valence-electron chi connectivity index (χ4n) is 4.68. The number of fused-ring (bicyclic) bond motifs is 1. The number of hydrogen-bond donors (Lipinski definition) is 1. The fourth-order valence-corrected chi connectivity index (χ4v) is 4.68. The Balaban J connectivity index is 1.51. The van der Waals surface area contributed by atoms with E-state index in [9.17, 15) is 0 Å². The molecule has 20 heavy (non-hydrogen) atoms. The number of likely N-dealkylation sites (tertiary alicyclic amines) is 1. The molecule has 0 saturated carbocycles. The van der Waals surface area contributed by atoms with Crippen LogP contribution >= 0.6 is 0 Å². The van der Waals surface area contributed by atoms with Gasteiger partial charge >= 0.3 is 0 Å². The highest BCUT2D eigenvalue weighted by atomic mass is 15.2. The number of nitrogens with zero attached hydrogens (tertiary/aromatic N) is 1. The molecule has 4 rings (SSSR count). The number of nitrogens with one attached hydrogen (secondary N) is 1. The van der Waals surface area contributed by atoms with Crippen LogP contribution in [0.2, 0.25) is 0 Å². The average molecular weight is 270 g/mol. The van der Waals surface area contributed by atoms with Crippen molar-refractivity contribution in [2.45, 2.75) is 63.1 Å². The van der Waals surface area contributed by atoms with Gasteiger partial charge in [0.15, 0.2) is 0 Å². The van der Waals surface area contributed by atoms with Crippen molar-refractivity contribution >= 4 is 0 Å². The summed E-state index contributed by atoms with van der Waals surface area (Å²) in [7, 11) is 0. The molecule has 2 fully saturated rings. The average Bonchev–Trinajstić information content (AvgIpc) is 3.16. The largest absolute Gasteiger partial charge is 0.312 e. The minimum absolute atomic E-state index is 0.763. The third kappa shape index (κ3) is 2.29. The Kier molecular flexibility index (Phi) is 3.53. The zero-order valence-corrected chi connectivity index (χ0v) is 12.4. The Bertz CT molecular complexity index is 439. The highest BCUT2D eigenvalue weighted by molar-refractivity contribution is 5.33. The van der Waals surface area contributed by atoms with Crippen LogP contribution in [0.15, 0.2) is 24.3 Å². The molecule has 0 bridgehead atoms. The topological polar surface area (TPSA) is 15.3 Å². The van der Waals surface area contributed by atoms with Crippen LogP contribution in [0, 0.1) is 0 Å². The molecule has 1 aromatic rings. The SMILES string of the molecule is c1ccc2c(c1)CC(N1CCCCC1C1CCCN1)C2. The van der Waals surface area contributed by atoms with Crippen molar-refractivity contribution in [3.05, 3.63) is 35.4 Å². The van der Waals surface area contributed by atoms with Crippen molar-refractivity contribution in [3.8, 4) is 0 Å². The Morgan fingerprint density at radius 1 is 0.950 bits per heavy atom. The molecule has 2 nitrogen and oxygen atoms in total. The molecule has 0 radical (unpaired) electrons. The van der Waals surface area contributed by atoms with Crippen LogP contribution in [-0.4, -0.2) is 36.1 Å². The van der Waals surface area contributed by atoms with Crippen LogP contribution in [0.3, 0.4) is 0 Å². The minimum atomic E-state index is 0.763. The van der Waals surface area contributed by atoms with E-state index in [1.165, 1.54) is 58.0 Å². The number of rotatable bonds is 2. The second-order valence-electron chi connectivity index (χ2n) is 6.83. The van der Waals surface area contributed by atoms with Gasteiger partial charge in [-0.25, -0.2) is 0 Å². The maximum atomic E-state index is 3.76. The predicted molar refractivity (Wildman–Crippen MR) is 83.0 cm³/mol. The molecule has 1 N–H and O–H groups in total. The maximum Gasteiger partial charge on any atom is 0.0252 e. The lowest BCUT2D eigenvalue weighted by atomic mass is 9.92. The van der Waals surface area contributed by atoms with Gasteiger partial charge in [-0.1, -0.05) is 30.7 Å². The Morgan fingerprint density at radius 3 is 2.45 bits per heavy atom. The van der Waals surface area contributed by atoms with Crippen LogP contribution in [0.25, 0.3) is 0 Å². The third-order valence-electron chi connectivity index (χ3n) is 5.65. The summed E-state index contributed by atoms with van der Waals surface area (Å²) in [4.78, 5) is 2.87. The molecule has 1 aromatic carbocycles. The summed E-state index contributed by atoms with van der Waals surface area (Å²) < 4.78 is 0. The molecule has 2 unspecified atom stereocenters. The van der Waals surface area contributed by atoms with Gasteiger partial charge in [0.1, 0.15) is 0 Å². The van der Waals surface area contributed by atoms with E-state index in [1.54, 1.807) is 11.1 Å². The summed E-state index contributed by atoms with van der Waals surface area (Å²) in [6.45, 7) is 2.56. The van der Waals surface area contributed by atoms with E-state index in [0.29, 0.717) is 0 Å². The van der Waals surface area contributed by atoms with Crippen molar-refractivity contribution in [3.63, 3.8) is 0 Å². The van der Waals surface area contributed by atoms with E-state index >= 15 is 0 Å². The molecular weight excluding hydrogens is 244 g/mol. The summed E-state index contributed by atoms with van der Waals surface area (Å²) in [5.41, 5.74) is 3.20. The summed E-state index contributed by atoms with van der Waals surface area (Å²) in [6.07, 6.45) is 9.55. The van der Waals surface area contributed by atoms with Crippen LogP contribution in [-0.2, 0) is 12.8 Å². The van der Waals surface area contributed by atoms with E-state index in [2.05, 4.69) is 34.5 Å². The van der Waals surface area contributed by atoms with Gasteiger partial charge in [0.2, 0.25) is 0 Å². The lowest BCUT2D eigenvalue weighted by Crippen LogP contribution is -2.54. The number of benzene rings is 1. The molecule has 2 saturated heterocycles. The van der Waals surface area contributed by atoms with E-state index < -0.39 is 0 Å². The van der Waals surface area contributed by atoms with Crippen LogP contribution in [0.1, 0.15) is 43.2 Å². The fraction of sp³-hybridized carbons (Fsp3) is 0.667. The van der Waals surface area contributed by atoms with Crippen LogP contribution in [0.4, 0.5) is 0 Å². The van der Waals surface area contributed by atoms with Crippen LogP contribution < -0.4 is 5.32 Å². The second kappa shape index (κ2) is 5.50. The molecule has 2 atom stereocenters. The van der Waals surface area contributed by atoms with Crippen molar-refractivity contribution in [1.29, 1.82) is 0 Å². The molecule has 2 heteroatoms. The van der Waals surface area contributed by atoms with Gasteiger partial charge < -0.3 is 5.32 Å². The van der Waals surface area contributed by atoms with Gasteiger partial charge in [-0.2, -0.15) is 0 Å². The Hall–Kier alpha value is -0.860. The number of piperidine rings is 1. The molecule has 108 valence electrons. The molecule has 0 amide bonds. The van der Waals surface area contributed by atoms with Gasteiger partial charge in [0.25, 0.3) is 0 Å².